The third kappa shape index (κ3) is 12.4. The maximum absolute atomic E-state index is 14.6. The van der Waals surface area contributed by atoms with Crippen molar-refractivity contribution in [2.45, 2.75) is 169 Å². The Bertz CT molecular complexity index is 1100. The van der Waals surface area contributed by atoms with Crippen LogP contribution in [0.15, 0.2) is 37.0 Å². The summed E-state index contributed by atoms with van der Waals surface area (Å²) in [5.74, 6) is -1.58. The van der Waals surface area contributed by atoms with Crippen molar-refractivity contribution in [1.29, 1.82) is 0 Å². The van der Waals surface area contributed by atoms with Gasteiger partial charge in [-0.1, -0.05) is 87.5 Å². The average molecular weight is 721 g/mol. The first-order valence-corrected chi connectivity index (χ1v) is 22.9. The van der Waals surface area contributed by atoms with Crippen LogP contribution in [0, 0.1) is 17.3 Å². The Morgan fingerprint density at radius 2 is 1.40 bits per heavy atom. The first-order valence-electron chi connectivity index (χ1n) is 17.4. The molecule has 0 aliphatic rings. The van der Waals surface area contributed by atoms with E-state index < -0.39 is 76.0 Å². The second-order valence-corrected chi connectivity index (χ2v) is 25.2. The van der Waals surface area contributed by atoms with Gasteiger partial charge in [0.1, 0.15) is 11.4 Å². The highest BCUT2D eigenvalue weighted by Crippen LogP contribution is 2.42. The second-order valence-electron chi connectivity index (χ2n) is 15.8. The van der Waals surface area contributed by atoms with Crippen molar-refractivity contribution in [2.75, 3.05) is 0 Å². The van der Waals surface area contributed by atoms with Gasteiger partial charge in [0.05, 0.1) is 24.7 Å². The summed E-state index contributed by atoms with van der Waals surface area (Å²) in [6.45, 7) is 34.5. The number of aliphatic hydroxyl groups is 1. The van der Waals surface area contributed by atoms with E-state index in [2.05, 4.69) is 67.8 Å². The standard InChI is InChI=1S/C37H67F3O6Si2/c1-17-22-29(37(38,39)40)23-24-36(14,28(8)41)44-31(42)25-30(45-48(19-3,20-4)21-5)35(12,13)33(43)27(7)32(26(6)18-2)46-47(15,16)34(9,10)11/h17-18,23,26-28,30,32,41H,1-2,19-22,24-25H2,3-16H3/b29-23+/t26-,27+,28+,30-,32-,36-/m0/s1. The lowest BCUT2D eigenvalue weighted by molar-refractivity contribution is -0.172. The van der Waals surface area contributed by atoms with Crippen molar-refractivity contribution < 1.29 is 41.5 Å². The molecule has 0 radical (unpaired) electrons. The SMILES string of the molecule is C=CC/C(=C\C[C@](C)(OC(=O)C[C@H](O[Si](CC)(CC)CC)C(C)(C)C(=O)[C@H](C)[C@@H](O[Si](C)(C)C(C)(C)C)[C@@H](C)C=C)[C@@H](C)O)C(F)(F)F. The van der Waals surface area contributed by atoms with Crippen LogP contribution in [0.2, 0.25) is 36.3 Å². The molecule has 11 heteroatoms. The number of carbonyl (C=O) groups excluding carboxylic acids is 2. The van der Waals surface area contributed by atoms with Crippen LogP contribution in [-0.4, -0.2) is 63.6 Å². The molecule has 6 nitrogen and oxygen atoms in total. The van der Waals surface area contributed by atoms with Gasteiger partial charge >= 0.3 is 12.1 Å². The Balaban J connectivity index is 6.81. The molecule has 48 heavy (non-hydrogen) atoms. The molecule has 0 aromatic heterocycles. The van der Waals surface area contributed by atoms with E-state index in [9.17, 15) is 27.9 Å². The van der Waals surface area contributed by atoms with Gasteiger partial charge in [-0.2, -0.15) is 13.2 Å². The number of esters is 1. The normalized spacial score (nSPS) is 18.2. The predicted molar refractivity (Wildman–Crippen MR) is 196 cm³/mol. The van der Waals surface area contributed by atoms with Crippen molar-refractivity contribution in [3.63, 3.8) is 0 Å². The van der Waals surface area contributed by atoms with Gasteiger partial charge in [-0.05, 0) is 62.5 Å². The zero-order chi connectivity index (χ0) is 38.1. The molecular weight excluding hydrogens is 654 g/mol. The number of halogens is 3. The number of carbonyl (C=O) groups is 2. The van der Waals surface area contributed by atoms with Crippen LogP contribution in [0.4, 0.5) is 13.2 Å². The maximum atomic E-state index is 14.6. The quantitative estimate of drug-likeness (QED) is 0.0722. The molecule has 0 bridgehead atoms. The molecule has 0 rings (SSSR count). The zero-order valence-electron chi connectivity index (χ0n) is 32.4. The lowest BCUT2D eigenvalue weighted by Crippen LogP contribution is -2.54. The molecule has 0 fully saturated rings. The largest absolute Gasteiger partial charge is 0.456 e. The number of alkyl halides is 3. The molecule has 0 amide bonds. The van der Waals surface area contributed by atoms with Gasteiger partial charge in [0.2, 0.25) is 0 Å². The number of Topliss-reactive ketones (excluding diaryl/α,β-unsaturated/α-hetero) is 1. The van der Waals surface area contributed by atoms with Gasteiger partial charge < -0.3 is 18.7 Å². The van der Waals surface area contributed by atoms with E-state index >= 15 is 0 Å². The van der Waals surface area contributed by atoms with Crippen LogP contribution >= 0.6 is 0 Å². The fourth-order valence-electron chi connectivity index (χ4n) is 5.50. The maximum Gasteiger partial charge on any atom is 0.412 e. The molecule has 0 aromatic rings. The van der Waals surface area contributed by atoms with Crippen LogP contribution < -0.4 is 0 Å². The molecule has 1 N–H and O–H groups in total. The Kier molecular flexibility index (Phi) is 17.5. The summed E-state index contributed by atoms with van der Waals surface area (Å²) in [7, 11) is -4.69. The summed E-state index contributed by atoms with van der Waals surface area (Å²) in [6.07, 6.45) is -4.41. The monoisotopic (exact) mass is 720 g/mol. The van der Waals surface area contributed by atoms with Crippen molar-refractivity contribution in [1.82, 2.24) is 0 Å². The number of rotatable bonds is 21. The van der Waals surface area contributed by atoms with E-state index in [1.165, 1.54) is 13.8 Å². The van der Waals surface area contributed by atoms with Crippen molar-refractivity contribution >= 4 is 28.4 Å². The number of allylic oxidation sites excluding steroid dienone is 2. The highest BCUT2D eigenvalue weighted by Gasteiger charge is 2.49. The number of aliphatic hydroxyl groups excluding tert-OH is 1. The van der Waals surface area contributed by atoms with E-state index in [1.807, 2.05) is 13.8 Å². The lowest BCUT2D eigenvalue weighted by Gasteiger charge is -2.45. The average Bonchev–Trinajstić information content (AvgIpc) is 2.97. The van der Waals surface area contributed by atoms with E-state index in [-0.39, 0.29) is 29.6 Å². The molecule has 0 spiro atoms. The fourth-order valence-corrected chi connectivity index (χ4v) is 9.94. The van der Waals surface area contributed by atoms with Crippen LogP contribution in [-0.2, 0) is 23.2 Å². The third-order valence-corrected chi connectivity index (χ3v) is 20.0. The molecule has 0 aliphatic carbocycles. The molecule has 0 heterocycles. The van der Waals surface area contributed by atoms with Crippen LogP contribution in [0.3, 0.4) is 0 Å². The summed E-state index contributed by atoms with van der Waals surface area (Å²) in [5.41, 5.74) is -3.66. The number of ether oxygens (including phenoxy) is 1. The van der Waals surface area contributed by atoms with E-state index in [0.717, 1.165) is 30.3 Å². The Morgan fingerprint density at radius 3 is 1.77 bits per heavy atom. The summed E-state index contributed by atoms with van der Waals surface area (Å²) >= 11 is 0. The van der Waals surface area contributed by atoms with Gasteiger partial charge in [-0.3, -0.25) is 9.59 Å². The first kappa shape index (κ1) is 46.5. The van der Waals surface area contributed by atoms with Crippen molar-refractivity contribution in [2.24, 2.45) is 17.3 Å². The Morgan fingerprint density at radius 1 is 0.896 bits per heavy atom. The molecule has 6 atom stereocenters. The smallest absolute Gasteiger partial charge is 0.412 e. The van der Waals surface area contributed by atoms with Crippen LogP contribution in [0.5, 0.6) is 0 Å². The van der Waals surface area contributed by atoms with E-state index in [4.69, 9.17) is 13.6 Å². The molecule has 0 saturated heterocycles. The molecule has 280 valence electrons. The van der Waals surface area contributed by atoms with E-state index in [1.54, 1.807) is 19.9 Å². The number of ketones is 1. The molecule has 0 aliphatic heterocycles. The summed E-state index contributed by atoms with van der Waals surface area (Å²) in [6, 6.07) is 2.32. The minimum absolute atomic E-state index is 0.0906. The summed E-state index contributed by atoms with van der Waals surface area (Å²) in [4.78, 5) is 28.3. The predicted octanol–water partition coefficient (Wildman–Crippen LogP) is 10.3. The summed E-state index contributed by atoms with van der Waals surface area (Å²) in [5, 5.41) is 10.5. The Labute approximate surface area is 292 Å². The lowest BCUT2D eigenvalue weighted by atomic mass is 9.73. The molecule has 0 aromatic carbocycles. The van der Waals surface area contributed by atoms with Gasteiger partial charge in [0.25, 0.3) is 0 Å². The van der Waals surface area contributed by atoms with Crippen LogP contribution in [0.25, 0.3) is 0 Å². The zero-order valence-corrected chi connectivity index (χ0v) is 34.4. The van der Waals surface area contributed by atoms with E-state index in [0.29, 0.717) is 0 Å². The van der Waals surface area contributed by atoms with Gasteiger partial charge in [0.15, 0.2) is 16.6 Å². The van der Waals surface area contributed by atoms with Gasteiger partial charge in [-0.25, -0.2) is 0 Å². The Hall–Kier alpha value is -1.54. The minimum atomic E-state index is -4.60. The van der Waals surface area contributed by atoms with Gasteiger partial charge in [-0.15, -0.1) is 13.2 Å². The van der Waals surface area contributed by atoms with Gasteiger partial charge in [0, 0.05) is 23.3 Å². The highest BCUT2D eigenvalue weighted by molar-refractivity contribution is 6.74. The summed E-state index contributed by atoms with van der Waals surface area (Å²) < 4.78 is 60.3. The fraction of sp³-hybridized carbons (Fsp3) is 0.784. The van der Waals surface area contributed by atoms with Crippen molar-refractivity contribution in [3.8, 4) is 0 Å². The minimum Gasteiger partial charge on any atom is -0.456 e. The number of hydrogen-bond acceptors (Lipinski definition) is 6. The second kappa shape index (κ2) is 18.1. The number of hydrogen-bond donors (Lipinski definition) is 1. The molecule has 0 unspecified atom stereocenters. The highest BCUT2D eigenvalue weighted by atomic mass is 28.4. The first-order chi connectivity index (χ1) is 21.6. The molecular formula is C37H67F3O6Si2. The molecule has 0 saturated carbocycles. The van der Waals surface area contributed by atoms with Crippen LogP contribution in [0.1, 0.15) is 102 Å². The third-order valence-electron chi connectivity index (χ3n) is 10.9. The topological polar surface area (TPSA) is 82.1 Å². The van der Waals surface area contributed by atoms with Crippen molar-refractivity contribution in [3.05, 3.63) is 37.0 Å².